The first-order chi connectivity index (χ1) is 18.7. The van der Waals surface area contributed by atoms with Gasteiger partial charge >= 0.3 is 0 Å². The molecule has 1 N–H and O–H groups in total. The van der Waals surface area contributed by atoms with Crippen molar-refractivity contribution >= 4 is 53.9 Å². The summed E-state index contributed by atoms with van der Waals surface area (Å²) < 4.78 is 13.9. The fourth-order valence-corrected chi connectivity index (χ4v) is 6.55. The Kier molecular flexibility index (Phi) is 7.64. The number of ether oxygens (including phenoxy) is 2. The summed E-state index contributed by atoms with van der Waals surface area (Å²) in [5.74, 6) is 0.437. The van der Waals surface area contributed by atoms with E-state index < -0.39 is 0 Å². The van der Waals surface area contributed by atoms with Gasteiger partial charge in [0.2, 0.25) is 0 Å². The van der Waals surface area contributed by atoms with Crippen molar-refractivity contribution < 1.29 is 14.3 Å². The normalized spacial score (nSPS) is 14.2. The van der Waals surface area contributed by atoms with Gasteiger partial charge in [-0.2, -0.15) is 0 Å². The quantitative estimate of drug-likeness (QED) is 0.205. The molecule has 0 bridgehead atoms. The van der Waals surface area contributed by atoms with Crippen molar-refractivity contribution in [3.63, 3.8) is 0 Å². The molecule has 0 spiro atoms. The molecule has 3 heterocycles. The van der Waals surface area contributed by atoms with Gasteiger partial charge in [-0.3, -0.25) is 9.69 Å². The molecule has 2 aromatic heterocycles. The Balaban J connectivity index is 1.19. The summed E-state index contributed by atoms with van der Waals surface area (Å²) in [6.07, 6.45) is 1.97. The number of fused-ring (bicyclic) bond motifs is 3. The zero-order valence-corrected chi connectivity index (χ0v) is 22.7. The van der Waals surface area contributed by atoms with Crippen LogP contribution < -0.4 is 10.1 Å². The van der Waals surface area contributed by atoms with Gasteiger partial charge in [-0.1, -0.05) is 42.5 Å². The number of aromatic nitrogens is 1. The summed E-state index contributed by atoms with van der Waals surface area (Å²) in [6, 6.07) is 22.2. The first-order valence-corrected chi connectivity index (χ1v) is 14.6. The van der Waals surface area contributed by atoms with E-state index in [1.807, 2.05) is 48.0 Å². The van der Waals surface area contributed by atoms with Crippen molar-refractivity contribution in [2.45, 2.75) is 12.8 Å². The van der Waals surface area contributed by atoms with Crippen molar-refractivity contribution in [3.8, 4) is 16.9 Å². The molecule has 1 amide bonds. The minimum absolute atomic E-state index is 0.172. The average Bonchev–Trinajstić information content (AvgIpc) is 3.60. The molecular formula is C30H29N3O3S2. The first kappa shape index (κ1) is 25.0. The van der Waals surface area contributed by atoms with E-state index in [1.54, 1.807) is 22.7 Å². The van der Waals surface area contributed by atoms with Crippen LogP contribution in [0.3, 0.4) is 0 Å². The zero-order chi connectivity index (χ0) is 25.7. The van der Waals surface area contributed by atoms with E-state index in [9.17, 15) is 4.79 Å². The van der Waals surface area contributed by atoms with E-state index in [-0.39, 0.29) is 5.91 Å². The summed E-state index contributed by atoms with van der Waals surface area (Å²) in [4.78, 5) is 20.4. The molecule has 1 saturated heterocycles. The van der Waals surface area contributed by atoms with Crippen molar-refractivity contribution in [1.29, 1.82) is 0 Å². The average molecular weight is 544 g/mol. The molecule has 8 heteroatoms. The van der Waals surface area contributed by atoms with E-state index >= 15 is 0 Å². The number of nitrogens with one attached hydrogen (secondary N) is 1. The van der Waals surface area contributed by atoms with Gasteiger partial charge in [-0.25, -0.2) is 4.98 Å². The first-order valence-electron chi connectivity index (χ1n) is 12.9. The number of thiazole rings is 1. The summed E-state index contributed by atoms with van der Waals surface area (Å²) in [7, 11) is 0. The predicted octanol–water partition coefficient (Wildman–Crippen LogP) is 6.92. The molecule has 0 saturated carbocycles. The van der Waals surface area contributed by atoms with E-state index in [0.717, 1.165) is 82.1 Å². The van der Waals surface area contributed by atoms with Crippen LogP contribution in [0, 0.1) is 0 Å². The van der Waals surface area contributed by atoms with Crippen LogP contribution in [-0.4, -0.2) is 55.2 Å². The highest BCUT2D eigenvalue weighted by molar-refractivity contribution is 7.24. The van der Waals surface area contributed by atoms with Gasteiger partial charge in [0.25, 0.3) is 5.91 Å². The lowest BCUT2D eigenvalue weighted by Crippen LogP contribution is -2.36. The number of unbranched alkanes of at least 4 members (excludes halogenated alkanes) is 1. The molecule has 6 rings (SSSR count). The van der Waals surface area contributed by atoms with E-state index in [4.69, 9.17) is 9.47 Å². The number of amides is 1. The standard InChI is InChI=1S/C30H29N3O3S2/c34-30(32-27-19-23-9-11-26-28(29(23)38-27)31-20-37-26)24-10-8-22(21-6-2-1-3-7-21)18-25(24)36-15-5-4-12-33-13-16-35-17-14-33/h1-3,6-11,18-20H,4-5,12-17H2,(H,32,34). The van der Waals surface area contributed by atoms with Crippen LogP contribution in [0.25, 0.3) is 31.4 Å². The summed E-state index contributed by atoms with van der Waals surface area (Å²) >= 11 is 3.18. The third kappa shape index (κ3) is 5.59. The second kappa shape index (κ2) is 11.6. The maximum Gasteiger partial charge on any atom is 0.260 e. The molecule has 38 heavy (non-hydrogen) atoms. The van der Waals surface area contributed by atoms with Crippen LogP contribution in [0.2, 0.25) is 0 Å². The smallest absolute Gasteiger partial charge is 0.260 e. The van der Waals surface area contributed by atoms with E-state index in [0.29, 0.717) is 17.9 Å². The fourth-order valence-electron chi connectivity index (χ4n) is 4.75. The number of carbonyl (C=O) groups is 1. The van der Waals surface area contributed by atoms with Gasteiger partial charge in [-0.05, 0) is 60.2 Å². The number of morpholine rings is 1. The zero-order valence-electron chi connectivity index (χ0n) is 21.0. The van der Waals surface area contributed by atoms with Crippen molar-refractivity contribution in [3.05, 3.63) is 77.8 Å². The Labute approximate surface area is 229 Å². The van der Waals surface area contributed by atoms with Gasteiger partial charge in [-0.15, -0.1) is 22.7 Å². The maximum absolute atomic E-state index is 13.5. The number of hydrogen-bond acceptors (Lipinski definition) is 7. The Morgan fingerprint density at radius 2 is 1.87 bits per heavy atom. The minimum Gasteiger partial charge on any atom is -0.493 e. The highest BCUT2D eigenvalue weighted by Gasteiger charge is 2.17. The molecule has 5 aromatic rings. The Hall–Kier alpha value is -3.30. The Bertz CT molecular complexity index is 1540. The molecule has 3 aromatic carbocycles. The second-order valence-electron chi connectivity index (χ2n) is 9.33. The molecule has 1 aliphatic heterocycles. The lowest BCUT2D eigenvalue weighted by Gasteiger charge is -2.26. The molecule has 1 fully saturated rings. The fraction of sp³-hybridized carbons (Fsp3) is 0.267. The maximum atomic E-state index is 13.5. The predicted molar refractivity (Wildman–Crippen MR) is 157 cm³/mol. The molecule has 6 nitrogen and oxygen atoms in total. The van der Waals surface area contributed by atoms with Gasteiger partial charge in [0.1, 0.15) is 5.75 Å². The van der Waals surface area contributed by atoms with Crippen LogP contribution in [0.1, 0.15) is 23.2 Å². The van der Waals surface area contributed by atoms with Crippen LogP contribution in [0.5, 0.6) is 5.75 Å². The summed E-state index contributed by atoms with van der Waals surface area (Å²) in [6.45, 7) is 5.23. The van der Waals surface area contributed by atoms with Crippen LogP contribution in [0.15, 0.2) is 72.2 Å². The lowest BCUT2D eigenvalue weighted by atomic mass is 10.0. The number of benzene rings is 3. The van der Waals surface area contributed by atoms with Gasteiger partial charge in [0, 0.05) is 13.1 Å². The number of rotatable bonds is 9. The van der Waals surface area contributed by atoms with Crippen LogP contribution in [-0.2, 0) is 4.74 Å². The summed E-state index contributed by atoms with van der Waals surface area (Å²) in [5.41, 5.74) is 5.51. The van der Waals surface area contributed by atoms with E-state index in [1.165, 1.54) is 0 Å². The lowest BCUT2D eigenvalue weighted by molar-refractivity contribution is 0.0368. The molecule has 0 atom stereocenters. The van der Waals surface area contributed by atoms with Crippen molar-refractivity contribution in [1.82, 2.24) is 9.88 Å². The molecule has 0 unspecified atom stereocenters. The molecule has 194 valence electrons. The van der Waals surface area contributed by atoms with Gasteiger partial charge < -0.3 is 14.8 Å². The highest BCUT2D eigenvalue weighted by atomic mass is 32.1. The number of anilines is 1. The third-order valence-corrected chi connectivity index (χ3v) is 8.65. The number of nitrogens with zero attached hydrogens (tertiary/aromatic N) is 2. The van der Waals surface area contributed by atoms with Crippen molar-refractivity contribution in [2.24, 2.45) is 0 Å². The number of thiophene rings is 1. The van der Waals surface area contributed by atoms with E-state index in [2.05, 4.69) is 39.5 Å². The Morgan fingerprint density at radius 1 is 1.00 bits per heavy atom. The second-order valence-corrected chi connectivity index (χ2v) is 11.3. The van der Waals surface area contributed by atoms with Crippen LogP contribution in [0.4, 0.5) is 5.00 Å². The van der Waals surface area contributed by atoms with Crippen LogP contribution >= 0.6 is 22.7 Å². The molecule has 0 radical (unpaired) electrons. The summed E-state index contributed by atoms with van der Waals surface area (Å²) in [5, 5.41) is 4.99. The van der Waals surface area contributed by atoms with Gasteiger partial charge in [0.05, 0.1) is 50.8 Å². The number of hydrogen-bond donors (Lipinski definition) is 1. The van der Waals surface area contributed by atoms with Crippen molar-refractivity contribution in [2.75, 3.05) is 44.8 Å². The SMILES string of the molecule is O=C(Nc1cc2ccc3scnc3c2s1)c1ccc(-c2ccccc2)cc1OCCCCN1CCOCC1. The third-order valence-electron chi connectivity index (χ3n) is 6.79. The molecule has 1 aliphatic rings. The minimum atomic E-state index is -0.172. The largest absolute Gasteiger partial charge is 0.493 e. The molecular weight excluding hydrogens is 514 g/mol. The Morgan fingerprint density at radius 3 is 2.74 bits per heavy atom. The highest BCUT2D eigenvalue weighted by Crippen LogP contribution is 2.37. The molecule has 0 aliphatic carbocycles. The monoisotopic (exact) mass is 543 g/mol. The topological polar surface area (TPSA) is 63.7 Å². The van der Waals surface area contributed by atoms with Gasteiger partial charge in [0.15, 0.2) is 0 Å². The number of carbonyl (C=O) groups excluding carboxylic acids is 1.